The van der Waals surface area contributed by atoms with E-state index in [1.807, 2.05) is 46.8 Å². The molecule has 1 heterocycles. The summed E-state index contributed by atoms with van der Waals surface area (Å²) in [6, 6.07) is 5.56. The minimum absolute atomic E-state index is 0.0310. The van der Waals surface area contributed by atoms with Crippen molar-refractivity contribution >= 4 is 35.7 Å². The van der Waals surface area contributed by atoms with E-state index in [0.29, 0.717) is 54.7 Å². The van der Waals surface area contributed by atoms with Crippen molar-refractivity contribution in [3.8, 4) is 11.3 Å². The summed E-state index contributed by atoms with van der Waals surface area (Å²) in [6.45, 7) is 16.4. The second kappa shape index (κ2) is 15.9. The molecule has 0 spiro atoms. The Hall–Kier alpha value is -3.38. The number of carbonyl (C=O) groups excluding carboxylic acids is 3. The van der Waals surface area contributed by atoms with Crippen LogP contribution in [0.2, 0.25) is 0 Å². The molecule has 43 heavy (non-hydrogen) atoms. The lowest BCUT2D eigenvalue weighted by molar-refractivity contribution is -0.131. The van der Waals surface area contributed by atoms with Crippen molar-refractivity contribution in [2.45, 2.75) is 84.5 Å². The van der Waals surface area contributed by atoms with Gasteiger partial charge in [-0.05, 0) is 85.1 Å². The maximum Gasteiger partial charge on any atom is 0.407 e. The maximum atomic E-state index is 12.9. The van der Waals surface area contributed by atoms with E-state index >= 15 is 0 Å². The van der Waals surface area contributed by atoms with Gasteiger partial charge < -0.3 is 30.2 Å². The first kappa shape index (κ1) is 35.8. The number of benzene rings is 1. The van der Waals surface area contributed by atoms with Crippen LogP contribution >= 0.6 is 11.8 Å². The fourth-order valence-electron chi connectivity index (χ4n) is 4.06. The van der Waals surface area contributed by atoms with Crippen LogP contribution < -0.4 is 11.1 Å². The van der Waals surface area contributed by atoms with Gasteiger partial charge in [-0.25, -0.2) is 19.6 Å². The van der Waals surface area contributed by atoms with Gasteiger partial charge in [-0.1, -0.05) is 6.07 Å². The molecule has 1 aromatic carbocycles. The molecule has 2 amide bonds. The van der Waals surface area contributed by atoms with Crippen LogP contribution in [-0.4, -0.2) is 83.1 Å². The number of rotatable bonds is 13. The fraction of sp³-hybridized carbons (Fsp3) is 0.581. The number of nitrogens with zero attached hydrogens (tertiary/aromatic N) is 3. The van der Waals surface area contributed by atoms with Gasteiger partial charge in [-0.3, -0.25) is 4.79 Å². The number of nitrogens with two attached hydrogens (primary N) is 1. The lowest BCUT2D eigenvalue weighted by Crippen LogP contribution is -2.36. The summed E-state index contributed by atoms with van der Waals surface area (Å²) >= 11 is 1.46. The number of hydrogen-bond acceptors (Lipinski definition) is 10. The normalized spacial score (nSPS) is 11.7. The largest absolute Gasteiger partial charge is 0.456 e. The molecule has 0 aliphatic heterocycles. The van der Waals surface area contributed by atoms with Gasteiger partial charge in [0.15, 0.2) is 0 Å². The van der Waals surface area contributed by atoms with Crippen LogP contribution in [-0.2, 0) is 19.0 Å². The van der Waals surface area contributed by atoms with Crippen molar-refractivity contribution in [2.75, 3.05) is 44.8 Å². The average Bonchev–Trinajstić information content (AvgIpc) is 2.86. The highest BCUT2D eigenvalue weighted by Gasteiger charge is 2.22. The van der Waals surface area contributed by atoms with Gasteiger partial charge in [0.2, 0.25) is 11.9 Å². The third-order valence-corrected chi connectivity index (χ3v) is 6.84. The SMILES string of the molecule is COCCN(CCSc1cc(-c2cc(C(=O)OC(C)(C)C)c(C)cc2C)nc(N)n1)C(=O)CCCNC(=O)OC(C)(C)C. The number of methoxy groups -OCH3 is 1. The molecule has 0 atom stereocenters. The molecular formula is C31H47N5O6S. The molecule has 0 unspecified atom stereocenters. The van der Waals surface area contributed by atoms with Gasteiger partial charge in [0.25, 0.3) is 0 Å². The van der Waals surface area contributed by atoms with Gasteiger partial charge in [0.05, 0.1) is 17.9 Å². The van der Waals surface area contributed by atoms with Crippen LogP contribution in [0.4, 0.5) is 10.7 Å². The van der Waals surface area contributed by atoms with Gasteiger partial charge >= 0.3 is 12.1 Å². The quantitative estimate of drug-likeness (QED) is 0.134. The van der Waals surface area contributed by atoms with Crippen molar-refractivity contribution in [1.29, 1.82) is 0 Å². The Bertz CT molecular complexity index is 1270. The summed E-state index contributed by atoms with van der Waals surface area (Å²) in [7, 11) is 1.59. The Kier molecular flexibility index (Phi) is 13.2. The summed E-state index contributed by atoms with van der Waals surface area (Å²) in [5.41, 5.74) is 8.47. The zero-order valence-corrected chi connectivity index (χ0v) is 27.8. The van der Waals surface area contributed by atoms with Crippen molar-refractivity contribution in [3.05, 3.63) is 34.9 Å². The zero-order chi connectivity index (χ0) is 32.4. The van der Waals surface area contributed by atoms with Crippen LogP contribution in [0.15, 0.2) is 23.2 Å². The number of ether oxygens (including phenoxy) is 3. The molecule has 0 aliphatic carbocycles. The molecule has 3 N–H and O–H groups in total. The summed E-state index contributed by atoms with van der Waals surface area (Å²) in [6.07, 6.45) is 0.265. The number of aryl methyl sites for hydroxylation is 2. The number of esters is 1. The van der Waals surface area contributed by atoms with Crippen LogP contribution in [0.1, 0.15) is 75.9 Å². The number of thioether (sulfide) groups is 1. The van der Waals surface area contributed by atoms with Gasteiger partial charge in [-0.2, -0.15) is 0 Å². The number of amides is 2. The number of nitrogen functional groups attached to an aromatic ring is 1. The summed E-state index contributed by atoms with van der Waals surface area (Å²) in [5.74, 6) is 0.252. The van der Waals surface area contributed by atoms with Gasteiger partial charge in [-0.15, -0.1) is 11.8 Å². The second-order valence-electron chi connectivity index (χ2n) is 12.2. The molecule has 0 saturated heterocycles. The molecule has 0 bridgehead atoms. The van der Waals surface area contributed by atoms with Crippen molar-refractivity contribution in [2.24, 2.45) is 0 Å². The Labute approximate surface area is 259 Å². The first-order valence-electron chi connectivity index (χ1n) is 14.3. The predicted molar refractivity (Wildman–Crippen MR) is 169 cm³/mol. The number of hydrogen-bond donors (Lipinski definition) is 2. The van der Waals surface area contributed by atoms with Gasteiger partial charge in [0, 0.05) is 44.5 Å². The minimum Gasteiger partial charge on any atom is -0.456 e. The molecule has 238 valence electrons. The number of anilines is 1. The number of carbonyl (C=O) groups is 3. The molecule has 0 radical (unpaired) electrons. The summed E-state index contributed by atoms with van der Waals surface area (Å²) in [4.78, 5) is 48.2. The highest BCUT2D eigenvalue weighted by atomic mass is 32.2. The monoisotopic (exact) mass is 617 g/mol. The molecule has 0 saturated carbocycles. The number of nitrogens with one attached hydrogen (secondary N) is 1. The Morgan fingerprint density at radius 1 is 0.953 bits per heavy atom. The summed E-state index contributed by atoms with van der Waals surface area (Å²) in [5, 5.41) is 3.33. The molecule has 2 aromatic rings. The topological polar surface area (TPSA) is 146 Å². The van der Waals surface area contributed by atoms with Crippen molar-refractivity contribution in [3.63, 3.8) is 0 Å². The van der Waals surface area contributed by atoms with E-state index < -0.39 is 23.3 Å². The lowest BCUT2D eigenvalue weighted by Gasteiger charge is -2.23. The van der Waals surface area contributed by atoms with E-state index in [0.717, 1.165) is 16.7 Å². The Morgan fingerprint density at radius 3 is 2.26 bits per heavy atom. The summed E-state index contributed by atoms with van der Waals surface area (Å²) < 4.78 is 16.0. The van der Waals surface area contributed by atoms with E-state index in [9.17, 15) is 14.4 Å². The molecule has 12 heteroatoms. The number of aromatic nitrogens is 2. The van der Waals surface area contributed by atoms with E-state index in [4.69, 9.17) is 19.9 Å². The molecule has 11 nitrogen and oxygen atoms in total. The average molecular weight is 618 g/mol. The van der Waals surface area contributed by atoms with E-state index in [2.05, 4.69) is 15.3 Å². The highest BCUT2D eigenvalue weighted by molar-refractivity contribution is 7.99. The smallest absolute Gasteiger partial charge is 0.407 e. The standard InChI is InChI=1S/C31H47N5O6S/c1-20-17-21(2)23(27(38)41-30(3,4)5)18-22(20)24-19-25(35-28(32)34-24)43-16-14-36(13-15-40-9)26(37)11-10-12-33-29(39)42-31(6,7)8/h17-19H,10-16H2,1-9H3,(H,33,39)(H2,32,34,35). The Balaban J connectivity index is 2.07. The van der Waals surface area contributed by atoms with E-state index in [1.165, 1.54) is 11.8 Å². The zero-order valence-electron chi connectivity index (χ0n) is 27.0. The van der Waals surface area contributed by atoms with Crippen molar-refractivity contribution < 1.29 is 28.6 Å². The Morgan fingerprint density at radius 2 is 1.63 bits per heavy atom. The maximum absolute atomic E-state index is 12.9. The molecule has 0 fully saturated rings. The number of alkyl carbamates (subject to hydrolysis) is 1. The van der Waals surface area contributed by atoms with E-state index in [1.54, 1.807) is 38.8 Å². The van der Waals surface area contributed by atoms with Crippen LogP contribution in [0.25, 0.3) is 11.3 Å². The van der Waals surface area contributed by atoms with Gasteiger partial charge in [0.1, 0.15) is 16.2 Å². The lowest BCUT2D eigenvalue weighted by atomic mass is 9.97. The molecule has 1 aromatic heterocycles. The highest BCUT2D eigenvalue weighted by Crippen LogP contribution is 2.29. The first-order chi connectivity index (χ1) is 20.0. The molecular weight excluding hydrogens is 570 g/mol. The minimum atomic E-state index is -0.618. The third kappa shape index (κ3) is 12.8. The van der Waals surface area contributed by atoms with Crippen molar-refractivity contribution in [1.82, 2.24) is 20.2 Å². The molecule has 0 aliphatic rings. The fourth-order valence-corrected chi connectivity index (χ4v) is 4.94. The first-order valence-corrected chi connectivity index (χ1v) is 15.3. The van der Waals surface area contributed by atoms with Crippen LogP contribution in [0.5, 0.6) is 0 Å². The molecule has 2 rings (SSSR count). The third-order valence-electron chi connectivity index (χ3n) is 5.95. The predicted octanol–water partition coefficient (Wildman–Crippen LogP) is 5.17. The second-order valence-corrected chi connectivity index (χ2v) is 13.3. The van der Waals surface area contributed by atoms with E-state index in [-0.39, 0.29) is 18.3 Å². The van der Waals surface area contributed by atoms with Crippen LogP contribution in [0, 0.1) is 13.8 Å². The van der Waals surface area contributed by atoms with Crippen LogP contribution in [0.3, 0.4) is 0 Å².